The second-order valence-corrected chi connectivity index (χ2v) is 5.47. The highest BCUT2D eigenvalue weighted by atomic mass is 16.4. The van der Waals surface area contributed by atoms with Crippen LogP contribution in [-0.2, 0) is 0 Å². The molecule has 1 aromatic carbocycles. The maximum atomic E-state index is 11.1. The number of benzene rings is 1. The number of aromatic nitrogens is 1. The topological polar surface area (TPSA) is 98.0 Å². The standard InChI is InChI=1S/C14H19N3O2/c15-10-4-1-8(2-5-10)13(16)9-3-6-11-12(7-9)19-14(18)17-11/h3,6-8,10,13H,1-2,4-5,15-16H2,(H,17,18). The van der Waals surface area contributed by atoms with Gasteiger partial charge in [0.15, 0.2) is 5.58 Å². The fourth-order valence-electron chi connectivity index (χ4n) is 2.95. The maximum absolute atomic E-state index is 11.1. The third-order valence-electron chi connectivity index (χ3n) is 4.15. The molecule has 1 aromatic heterocycles. The van der Waals surface area contributed by atoms with Gasteiger partial charge in [-0.1, -0.05) is 6.07 Å². The molecule has 1 fully saturated rings. The molecule has 0 bridgehead atoms. The summed E-state index contributed by atoms with van der Waals surface area (Å²) in [6, 6.07) is 5.99. The Morgan fingerprint density at radius 3 is 2.74 bits per heavy atom. The fraction of sp³-hybridized carbons (Fsp3) is 0.500. The van der Waals surface area contributed by atoms with Crippen molar-refractivity contribution < 1.29 is 4.42 Å². The van der Waals surface area contributed by atoms with Gasteiger partial charge in [0.05, 0.1) is 5.52 Å². The van der Waals surface area contributed by atoms with Gasteiger partial charge in [-0.05, 0) is 49.3 Å². The van der Waals surface area contributed by atoms with Crippen LogP contribution in [0.25, 0.3) is 11.1 Å². The highest BCUT2D eigenvalue weighted by Gasteiger charge is 2.25. The minimum Gasteiger partial charge on any atom is -0.408 e. The maximum Gasteiger partial charge on any atom is 0.417 e. The Morgan fingerprint density at radius 2 is 2.00 bits per heavy atom. The number of oxazole rings is 1. The van der Waals surface area contributed by atoms with Crippen LogP contribution in [0, 0.1) is 5.92 Å². The summed E-state index contributed by atoms with van der Waals surface area (Å²) in [4.78, 5) is 13.8. The van der Waals surface area contributed by atoms with Gasteiger partial charge in [-0.3, -0.25) is 4.98 Å². The van der Waals surface area contributed by atoms with Gasteiger partial charge in [0.25, 0.3) is 0 Å². The first-order valence-corrected chi connectivity index (χ1v) is 6.77. The molecule has 0 saturated heterocycles. The van der Waals surface area contributed by atoms with Crippen LogP contribution in [0.5, 0.6) is 0 Å². The fourth-order valence-corrected chi connectivity index (χ4v) is 2.95. The van der Waals surface area contributed by atoms with Crippen LogP contribution in [0.2, 0.25) is 0 Å². The van der Waals surface area contributed by atoms with E-state index in [9.17, 15) is 4.79 Å². The van der Waals surface area contributed by atoms with Gasteiger partial charge < -0.3 is 15.9 Å². The van der Waals surface area contributed by atoms with E-state index in [-0.39, 0.29) is 6.04 Å². The molecule has 1 atom stereocenters. The van der Waals surface area contributed by atoms with Crippen molar-refractivity contribution in [1.29, 1.82) is 0 Å². The third kappa shape index (κ3) is 2.43. The minimum atomic E-state index is -0.427. The van der Waals surface area contributed by atoms with E-state index in [1.165, 1.54) is 0 Å². The van der Waals surface area contributed by atoms with Crippen molar-refractivity contribution in [3.8, 4) is 0 Å². The second-order valence-electron chi connectivity index (χ2n) is 5.47. The van der Waals surface area contributed by atoms with E-state index in [1.807, 2.05) is 18.2 Å². The first kappa shape index (κ1) is 12.4. The summed E-state index contributed by atoms with van der Waals surface area (Å²) in [6.07, 6.45) is 4.22. The molecule has 1 saturated carbocycles. The first-order valence-electron chi connectivity index (χ1n) is 6.77. The molecule has 3 rings (SSSR count). The molecule has 102 valence electrons. The van der Waals surface area contributed by atoms with Crippen molar-refractivity contribution in [1.82, 2.24) is 4.98 Å². The van der Waals surface area contributed by atoms with Crippen LogP contribution in [0.1, 0.15) is 37.3 Å². The van der Waals surface area contributed by atoms with E-state index in [0.717, 1.165) is 31.2 Å². The summed E-state index contributed by atoms with van der Waals surface area (Å²) in [5, 5.41) is 0. The molecule has 2 aromatic rings. The quantitative estimate of drug-likeness (QED) is 0.765. The SMILES string of the molecule is NC1CCC(C(N)c2ccc3[nH]c(=O)oc3c2)CC1. The molecule has 1 unspecified atom stereocenters. The molecule has 1 aliphatic carbocycles. The molecule has 1 heterocycles. The lowest BCUT2D eigenvalue weighted by atomic mass is 9.80. The van der Waals surface area contributed by atoms with E-state index in [4.69, 9.17) is 15.9 Å². The number of H-pyrrole nitrogens is 1. The Labute approximate surface area is 111 Å². The summed E-state index contributed by atoms with van der Waals surface area (Å²) in [5.74, 6) is 0.0345. The van der Waals surface area contributed by atoms with Crippen molar-refractivity contribution in [3.05, 3.63) is 34.3 Å². The average Bonchev–Trinajstić information content (AvgIpc) is 2.77. The van der Waals surface area contributed by atoms with Gasteiger partial charge >= 0.3 is 5.76 Å². The number of fused-ring (bicyclic) bond motifs is 1. The predicted octanol–water partition coefficient (Wildman–Crippen LogP) is 1.64. The van der Waals surface area contributed by atoms with Crippen LogP contribution in [0.3, 0.4) is 0 Å². The summed E-state index contributed by atoms with van der Waals surface area (Å²) >= 11 is 0. The zero-order valence-electron chi connectivity index (χ0n) is 10.8. The Hall–Kier alpha value is -1.59. The summed E-state index contributed by atoms with van der Waals surface area (Å²) in [5.41, 5.74) is 14.6. The van der Waals surface area contributed by atoms with Crippen molar-refractivity contribution in [2.75, 3.05) is 0 Å². The Bertz CT molecular complexity index is 623. The Morgan fingerprint density at radius 1 is 1.26 bits per heavy atom. The van der Waals surface area contributed by atoms with Gasteiger partial charge in [-0.2, -0.15) is 0 Å². The normalized spacial score (nSPS) is 25.6. The van der Waals surface area contributed by atoms with Crippen LogP contribution < -0.4 is 17.2 Å². The zero-order valence-corrected chi connectivity index (χ0v) is 10.8. The minimum absolute atomic E-state index is 0.0166. The molecule has 0 aliphatic heterocycles. The lowest BCUT2D eigenvalue weighted by molar-refractivity contribution is 0.285. The van der Waals surface area contributed by atoms with Crippen molar-refractivity contribution in [3.63, 3.8) is 0 Å². The number of rotatable bonds is 2. The van der Waals surface area contributed by atoms with Crippen LogP contribution in [-0.4, -0.2) is 11.0 Å². The highest BCUT2D eigenvalue weighted by molar-refractivity contribution is 5.72. The van der Waals surface area contributed by atoms with Crippen LogP contribution in [0.4, 0.5) is 0 Å². The highest BCUT2D eigenvalue weighted by Crippen LogP contribution is 2.33. The molecule has 0 radical (unpaired) electrons. The Balaban J connectivity index is 1.84. The van der Waals surface area contributed by atoms with E-state index in [1.54, 1.807) is 0 Å². The lowest BCUT2D eigenvalue weighted by Crippen LogP contribution is -2.31. The molecule has 19 heavy (non-hydrogen) atoms. The molecule has 5 heteroatoms. The molecular formula is C14H19N3O2. The molecular weight excluding hydrogens is 242 g/mol. The number of hydrogen-bond acceptors (Lipinski definition) is 4. The Kier molecular flexibility index (Phi) is 3.16. The van der Waals surface area contributed by atoms with Crippen molar-refractivity contribution in [2.24, 2.45) is 17.4 Å². The number of aromatic amines is 1. The zero-order chi connectivity index (χ0) is 13.4. The number of nitrogens with two attached hydrogens (primary N) is 2. The summed E-state index contributed by atoms with van der Waals surface area (Å²) in [7, 11) is 0. The largest absolute Gasteiger partial charge is 0.417 e. The van der Waals surface area contributed by atoms with Gasteiger partial charge in [-0.15, -0.1) is 0 Å². The van der Waals surface area contributed by atoms with E-state index in [0.29, 0.717) is 23.1 Å². The predicted molar refractivity (Wildman–Crippen MR) is 73.7 cm³/mol. The van der Waals surface area contributed by atoms with Gasteiger partial charge in [0.2, 0.25) is 0 Å². The van der Waals surface area contributed by atoms with Gasteiger partial charge in [-0.25, -0.2) is 4.79 Å². The summed E-state index contributed by atoms with van der Waals surface area (Å²) in [6.45, 7) is 0. The summed E-state index contributed by atoms with van der Waals surface area (Å²) < 4.78 is 5.08. The lowest BCUT2D eigenvalue weighted by Gasteiger charge is -2.30. The number of nitrogens with one attached hydrogen (secondary N) is 1. The van der Waals surface area contributed by atoms with E-state index < -0.39 is 5.76 Å². The monoisotopic (exact) mass is 261 g/mol. The molecule has 5 N–H and O–H groups in total. The van der Waals surface area contributed by atoms with E-state index >= 15 is 0 Å². The average molecular weight is 261 g/mol. The molecule has 0 amide bonds. The van der Waals surface area contributed by atoms with E-state index in [2.05, 4.69) is 4.98 Å². The van der Waals surface area contributed by atoms with Crippen LogP contribution in [0.15, 0.2) is 27.4 Å². The molecule has 1 aliphatic rings. The number of hydrogen-bond donors (Lipinski definition) is 3. The molecule has 5 nitrogen and oxygen atoms in total. The van der Waals surface area contributed by atoms with Gasteiger partial charge in [0, 0.05) is 12.1 Å². The first-order chi connectivity index (χ1) is 9.13. The van der Waals surface area contributed by atoms with Crippen LogP contribution >= 0.6 is 0 Å². The van der Waals surface area contributed by atoms with Crippen molar-refractivity contribution in [2.45, 2.75) is 37.8 Å². The van der Waals surface area contributed by atoms with Gasteiger partial charge in [0.1, 0.15) is 0 Å². The third-order valence-corrected chi connectivity index (χ3v) is 4.15. The smallest absolute Gasteiger partial charge is 0.408 e. The van der Waals surface area contributed by atoms with Crippen molar-refractivity contribution >= 4 is 11.1 Å². The second kappa shape index (κ2) is 4.83. The molecule has 0 spiro atoms.